The lowest BCUT2D eigenvalue weighted by atomic mass is 10.00. The molecule has 0 saturated heterocycles. The Bertz CT molecular complexity index is 1480. The van der Waals surface area contributed by atoms with Crippen molar-refractivity contribution >= 4 is 82.5 Å². The Morgan fingerprint density at radius 3 is 2.50 bits per heavy atom. The quantitative estimate of drug-likeness (QED) is 0.232. The van der Waals surface area contributed by atoms with E-state index in [4.69, 9.17) is 16.3 Å². The van der Waals surface area contributed by atoms with Crippen LogP contribution in [0, 0.1) is 0 Å². The lowest BCUT2D eigenvalue weighted by Crippen LogP contribution is -2.23. The maximum atomic E-state index is 13.0. The summed E-state index contributed by atoms with van der Waals surface area (Å²) in [6.45, 7) is 4.60. The molecule has 0 unspecified atom stereocenters. The fourth-order valence-electron chi connectivity index (χ4n) is 3.77. The van der Waals surface area contributed by atoms with Crippen molar-refractivity contribution in [2.24, 2.45) is 0 Å². The van der Waals surface area contributed by atoms with E-state index in [-0.39, 0.29) is 52.7 Å². The molecule has 2 heterocycles. The van der Waals surface area contributed by atoms with Crippen LogP contribution in [0.5, 0.6) is 11.5 Å². The molecule has 2 aromatic carbocycles. The second-order valence-electron chi connectivity index (χ2n) is 8.39. The molecule has 3 N–H and O–H groups in total. The Morgan fingerprint density at radius 2 is 1.84 bits per heavy atom. The SMILES string of the molecule is COc1cc2c(cc1Nc1ncc(Cl)c(Nc3ccc(OS(=O)(=O)F)cc3P(C)(C)=O)n1)CNCC2.Cl.Cl. The lowest BCUT2D eigenvalue weighted by molar-refractivity contribution is 0.415. The molecule has 1 aliphatic rings. The summed E-state index contributed by atoms with van der Waals surface area (Å²) in [6, 6.07) is 7.78. The molecule has 0 saturated carbocycles. The van der Waals surface area contributed by atoms with Crippen molar-refractivity contribution in [3.8, 4) is 11.5 Å². The van der Waals surface area contributed by atoms with Gasteiger partial charge in [0.25, 0.3) is 0 Å². The van der Waals surface area contributed by atoms with E-state index < -0.39 is 17.6 Å². The maximum absolute atomic E-state index is 13.0. The number of hydrogen-bond donors (Lipinski definition) is 3. The zero-order valence-corrected chi connectivity index (χ0v) is 24.5. The van der Waals surface area contributed by atoms with Gasteiger partial charge in [-0.1, -0.05) is 15.5 Å². The van der Waals surface area contributed by atoms with Crippen molar-refractivity contribution in [2.75, 3.05) is 37.6 Å². The molecule has 16 heteroatoms. The van der Waals surface area contributed by atoms with Crippen molar-refractivity contribution in [2.45, 2.75) is 13.0 Å². The fraction of sp³-hybridized carbons (Fsp3) is 0.273. The van der Waals surface area contributed by atoms with E-state index in [1.165, 1.54) is 43.3 Å². The van der Waals surface area contributed by atoms with E-state index in [0.717, 1.165) is 25.1 Å². The molecule has 0 fully saturated rings. The summed E-state index contributed by atoms with van der Waals surface area (Å²) >= 11 is 6.32. The molecule has 0 amide bonds. The predicted octanol–water partition coefficient (Wildman–Crippen LogP) is 4.96. The van der Waals surface area contributed by atoms with Gasteiger partial charge in [0.2, 0.25) is 5.95 Å². The molecule has 208 valence electrons. The van der Waals surface area contributed by atoms with Gasteiger partial charge < -0.3 is 29.4 Å². The van der Waals surface area contributed by atoms with Crippen LogP contribution in [-0.4, -0.2) is 45.4 Å². The maximum Gasteiger partial charge on any atom is 0.488 e. The Hall–Kier alpha value is -2.34. The van der Waals surface area contributed by atoms with E-state index in [1.54, 1.807) is 7.11 Å². The van der Waals surface area contributed by atoms with E-state index in [0.29, 0.717) is 17.1 Å². The molecule has 0 radical (unpaired) electrons. The van der Waals surface area contributed by atoms with Crippen LogP contribution in [0.3, 0.4) is 0 Å². The molecule has 0 atom stereocenters. The molecule has 0 spiro atoms. The highest BCUT2D eigenvalue weighted by atomic mass is 35.5. The number of nitrogens with zero attached hydrogens (tertiary/aromatic N) is 2. The third kappa shape index (κ3) is 7.84. The summed E-state index contributed by atoms with van der Waals surface area (Å²) in [5.41, 5.74) is 3.35. The first kappa shape index (κ1) is 31.9. The number of benzene rings is 2. The lowest BCUT2D eigenvalue weighted by Gasteiger charge is -2.20. The van der Waals surface area contributed by atoms with Crippen LogP contribution in [0.4, 0.5) is 27.0 Å². The van der Waals surface area contributed by atoms with Crippen molar-refractivity contribution in [3.63, 3.8) is 0 Å². The van der Waals surface area contributed by atoms with Crippen molar-refractivity contribution < 1.29 is 25.8 Å². The monoisotopic (exact) mass is 627 g/mol. The van der Waals surface area contributed by atoms with Crippen LogP contribution in [-0.2, 0) is 28.0 Å². The number of aromatic nitrogens is 2. The number of hydrogen-bond acceptors (Lipinski definition) is 10. The van der Waals surface area contributed by atoms with Gasteiger partial charge in [0.05, 0.1) is 24.7 Å². The highest BCUT2D eigenvalue weighted by Gasteiger charge is 2.21. The van der Waals surface area contributed by atoms with E-state index in [1.807, 2.05) is 12.1 Å². The van der Waals surface area contributed by atoms with Crippen LogP contribution >= 0.6 is 43.6 Å². The standard InChI is InChI=1S/C22H24ClFN5O5PS.2ClH/c1-33-19-9-13-6-7-25-11-14(13)8-18(19)28-22-26-12-16(23)21(29-22)27-17-5-4-15(34-36(24,31)32)10-20(17)35(2,3)30;;/h4-5,8-10,12,25H,6-7,11H2,1-3H3,(H2,26,27,28,29);2*1H. The fourth-order valence-corrected chi connectivity index (χ4v) is 5.39. The topological polar surface area (TPSA) is 132 Å². The van der Waals surface area contributed by atoms with Gasteiger partial charge in [0, 0.05) is 11.8 Å². The van der Waals surface area contributed by atoms with Gasteiger partial charge in [-0.15, -0.1) is 24.8 Å². The number of rotatable bonds is 8. The van der Waals surface area contributed by atoms with Crippen molar-refractivity contribution in [1.29, 1.82) is 0 Å². The summed E-state index contributed by atoms with van der Waals surface area (Å²) < 4.78 is 57.4. The van der Waals surface area contributed by atoms with E-state index in [9.17, 15) is 16.9 Å². The Kier molecular flexibility index (Phi) is 10.6. The smallest absolute Gasteiger partial charge is 0.488 e. The van der Waals surface area contributed by atoms with Crippen molar-refractivity contribution in [3.05, 3.63) is 52.7 Å². The second kappa shape index (κ2) is 12.7. The Labute approximate surface area is 237 Å². The normalized spacial score (nSPS) is 12.9. The number of fused-ring (bicyclic) bond motifs is 1. The van der Waals surface area contributed by atoms with Gasteiger partial charge in [0.15, 0.2) is 5.82 Å². The average Bonchev–Trinajstić information content (AvgIpc) is 2.80. The van der Waals surface area contributed by atoms with Gasteiger partial charge in [-0.05, 0) is 67.8 Å². The first-order valence-electron chi connectivity index (χ1n) is 10.7. The molecule has 10 nitrogen and oxygen atoms in total. The number of methoxy groups -OCH3 is 1. The van der Waals surface area contributed by atoms with Crippen LogP contribution in [0.15, 0.2) is 36.5 Å². The highest BCUT2D eigenvalue weighted by Crippen LogP contribution is 2.40. The van der Waals surface area contributed by atoms with Gasteiger partial charge in [-0.3, -0.25) is 0 Å². The largest absolute Gasteiger partial charge is 0.495 e. The van der Waals surface area contributed by atoms with Gasteiger partial charge in [-0.2, -0.15) is 13.4 Å². The van der Waals surface area contributed by atoms with Crippen LogP contribution in [0.2, 0.25) is 5.02 Å². The summed E-state index contributed by atoms with van der Waals surface area (Å²) in [5.74, 6) is 0.758. The minimum atomic E-state index is -5.24. The number of nitrogens with one attached hydrogen (secondary N) is 3. The molecule has 0 aliphatic carbocycles. The van der Waals surface area contributed by atoms with Gasteiger partial charge in [-0.25, -0.2) is 4.98 Å². The summed E-state index contributed by atoms with van der Waals surface area (Å²) in [4.78, 5) is 8.68. The first-order chi connectivity index (χ1) is 16.9. The summed E-state index contributed by atoms with van der Waals surface area (Å²) in [6.07, 6.45) is 2.30. The summed E-state index contributed by atoms with van der Waals surface area (Å²) in [7, 11) is -6.63. The molecule has 1 aromatic heterocycles. The zero-order valence-electron chi connectivity index (χ0n) is 20.4. The minimum absolute atomic E-state index is 0. The predicted molar refractivity (Wildman–Crippen MR) is 153 cm³/mol. The zero-order chi connectivity index (χ0) is 26.1. The summed E-state index contributed by atoms with van der Waals surface area (Å²) in [5, 5.41) is 9.89. The van der Waals surface area contributed by atoms with Crippen LogP contribution in [0.1, 0.15) is 11.1 Å². The second-order valence-corrected chi connectivity index (χ2v) is 12.9. The Morgan fingerprint density at radius 1 is 1.11 bits per heavy atom. The molecular formula is C22H26Cl3FN5O5PS. The van der Waals surface area contributed by atoms with Crippen LogP contribution in [0.25, 0.3) is 0 Å². The minimum Gasteiger partial charge on any atom is -0.495 e. The number of anilines is 4. The molecule has 38 heavy (non-hydrogen) atoms. The molecule has 1 aliphatic heterocycles. The van der Waals surface area contributed by atoms with Gasteiger partial charge >= 0.3 is 10.5 Å². The third-order valence-corrected chi connectivity index (χ3v) is 7.60. The molecule has 3 aromatic rings. The van der Waals surface area contributed by atoms with E-state index in [2.05, 4.69) is 30.1 Å². The number of halogens is 4. The highest BCUT2D eigenvalue weighted by molar-refractivity contribution is 7.81. The third-order valence-electron chi connectivity index (χ3n) is 5.40. The first-order valence-corrected chi connectivity index (χ1v) is 15.0. The number of ether oxygens (including phenoxy) is 1. The Balaban J connectivity index is 0.00000253. The molecule has 4 rings (SSSR count). The van der Waals surface area contributed by atoms with Gasteiger partial charge in [0.1, 0.15) is 23.7 Å². The average molecular weight is 629 g/mol. The van der Waals surface area contributed by atoms with E-state index >= 15 is 0 Å². The molecular weight excluding hydrogens is 603 g/mol. The van der Waals surface area contributed by atoms with Crippen LogP contribution < -0.4 is 30.2 Å². The van der Waals surface area contributed by atoms with Crippen molar-refractivity contribution in [1.82, 2.24) is 15.3 Å². The molecule has 0 bridgehead atoms.